The van der Waals surface area contributed by atoms with Crippen LogP contribution < -0.4 is 4.74 Å². The Morgan fingerprint density at radius 2 is 1.74 bits per heavy atom. The number of hydrogen-bond donors (Lipinski definition) is 1. The summed E-state index contributed by atoms with van der Waals surface area (Å²) in [5.74, 6) is 0.933. The highest BCUT2D eigenvalue weighted by molar-refractivity contribution is 7.99. The van der Waals surface area contributed by atoms with Crippen molar-refractivity contribution in [1.29, 1.82) is 0 Å². The third kappa shape index (κ3) is 6.94. The summed E-state index contributed by atoms with van der Waals surface area (Å²) in [6.45, 7) is 4.11. The molecule has 0 amide bonds. The quantitative estimate of drug-likeness (QED) is 0.540. The lowest BCUT2D eigenvalue weighted by molar-refractivity contribution is -0.143. The first-order valence-corrected chi connectivity index (χ1v) is 10.6. The average Bonchev–Trinajstić information content (AvgIpc) is 2.70. The van der Waals surface area contributed by atoms with E-state index in [-0.39, 0.29) is 17.1 Å². The maximum absolute atomic E-state index is 11.8. The van der Waals surface area contributed by atoms with Crippen LogP contribution in [0.1, 0.15) is 37.8 Å². The molecule has 0 radical (unpaired) electrons. The molecular weight excluding hydrogens is 356 g/mol. The number of rotatable bonds is 11. The van der Waals surface area contributed by atoms with E-state index in [1.54, 1.807) is 7.11 Å². The van der Waals surface area contributed by atoms with E-state index in [0.29, 0.717) is 6.42 Å². The van der Waals surface area contributed by atoms with Gasteiger partial charge in [-0.15, -0.1) is 0 Å². The van der Waals surface area contributed by atoms with Crippen molar-refractivity contribution in [2.75, 3.05) is 7.11 Å². The van der Waals surface area contributed by atoms with Crippen molar-refractivity contribution in [3.05, 3.63) is 65.7 Å². The summed E-state index contributed by atoms with van der Waals surface area (Å²) in [5.41, 5.74) is 2.49. The van der Waals surface area contributed by atoms with Gasteiger partial charge in [-0.2, -0.15) is 11.8 Å². The van der Waals surface area contributed by atoms with Gasteiger partial charge in [-0.3, -0.25) is 4.79 Å². The molecule has 0 saturated carbocycles. The molecule has 0 heterocycles. The highest BCUT2D eigenvalue weighted by Gasteiger charge is 2.27. The number of carboxylic acid groups (broad SMARTS) is 1. The van der Waals surface area contributed by atoms with Gasteiger partial charge in [-0.1, -0.05) is 62.7 Å². The van der Waals surface area contributed by atoms with Gasteiger partial charge in [-0.25, -0.2) is 0 Å². The van der Waals surface area contributed by atoms with Crippen molar-refractivity contribution in [1.82, 2.24) is 0 Å². The molecule has 27 heavy (non-hydrogen) atoms. The summed E-state index contributed by atoms with van der Waals surface area (Å²) in [5, 5.41) is 9.98. The minimum absolute atomic E-state index is 0.183. The Kier molecular flexibility index (Phi) is 8.73. The van der Waals surface area contributed by atoms with Crippen molar-refractivity contribution < 1.29 is 14.6 Å². The van der Waals surface area contributed by atoms with Gasteiger partial charge in [0.25, 0.3) is 0 Å². The van der Waals surface area contributed by atoms with Crippen LogP contribution in [-0.4, -0.2) is 23.4 Å². The molecule has 0 aliphatic carbocycles. The molecule has 3 nitrogen and oxygen atoms in total. The molecule has 0 saturated heterocycles. The van der Waals surface area contributed by atoms with Gasteiger partial charge in [0.05, 0.1) is 13.0 Å². The SMILES string of the molecule is CCC(C)C(CC(Cc1ccccc1)SCc1ccc(OC)cc1)C(=O)O. The maximum atomic E-state index is 11.8. The van der Waals surface area contributed by atoms with Gasteiger partial charge in [0.1, 0.15) is 5.75 Å². The highest BCUT2D eigenvalue weighted by atomic mass is 32.2. The van der Waals surface area contributed by atoms with Crippen molar-refractivity contribution in [2.45, 2.75) is 44.1 Å². The van der Waals surface area contributed by atoms with Crippen LogP contribution in [0.4, 0.5) is 0 Å². The molecule has 2 rings (SSSR count). The molecule has 0 aromatic heterocycles. The molecule has 0 aliphatic rings. The lowest BCUT2D eigenvalue weighted by Crippen LogP contribution is -2.26. The largest absolute Gasteiger partial charge is 0.497 e. The fourth-order valence-electron chi connectivity index (χ4n) is 3.17. The maximum Gasteiger partial charge on any atom is 0.306 e. The summed E-state index contributed by atoms with van der Waals surface area (Å²) >= 11 is 1.85. The van der Waals surface area contributed by atoms with E-state index in [1.165, 1.54) is 11.1 Å². The molecule has 1 N–H and O–H groups in total. The zero-order chi connectivity index (χ0) is 19.6. The van der Waals surface area contributed by atoms with Gasteiger partial charge >= 0.3 is 5.97 Å². The average molecular weight is 387 g/mol. The third-order valence-corrected chi connectivity index (χ3v) is 6.45. The molecule has 4 heteroatoms. The number of carbonyl (C=O) groups is 1. The smallest absolute Gasteiger partial charge is 0.306 e. The summed E-state index contributed by atoms with van der Waals surface area (Å²) in [7, 11) is 1.67. The van der Waals surface area contributed by atoms with E-state index >= 15 is 0 Å². The van der Waals surface area contributed by atoms with E-state index in [9.17, 15) is 9.90 Å². The van der Waals surface area contributed by atoms with E-state index in [2.05, 4.69) is 31.2 Å². The van der Waals surface area contributed by atoms with E-state index in [1.807, 2.05) is 49.0 Å². The third-order valence-electron chi connectivity index (χ3n) is 5.12. The van der Waals surface area contributed by atoms with E-state index in [4.69, 9.17) is 4.74 Å². The number of hydrogen-bond acceptors (Lipinski definition) is 3. The normalized spacial score (nSPS) is 14.3. The van der Waals surface area contributed by atoms with Crippen LogP contribution in [0.5, 0.6) is 5.75 Å². The van der Waals surface area contributed by atoms with Gasteiger partial charge < -0.3 is 9.84 Å². The Hall–Kier alpha value is -1.94. The topological polar surface area (TPSA) is 46.5 Å². The fourth-order valence-corrected chi connectivity index (χ4v) is 4.44. The summed E-state index contributed by atoms with van der Waals surface area (Å²) in [4.78, 5) is 11.8. The first-order valence-electron chi connectivity index (χ1n) is 9.54. The minimum Gasteiger partial charge on any atom is -0.497 e. The van der Waals surface area contributed by atoms with Gasteiger partial charge in [0.2, 0.25) is 0 Å². The summed E-state index contributed by atoms with van der Waals surface area (Å²) < 4.78 is 5.22. The van der Waals surface area contributed by atoms with Crippen LogP contribution >= 0.6 is 11.8 Å². The van der Waals surface area contributed by atoms with Crippen LogP contribution in [0, 0.1) is 11.8 Å². The molecule has 2 aromatic carbocycles. The Morgan fingerprint density at radius 3 is 2.30 bits per heavy atom. The second kappa shape index (κ2) is 11.0. The van der Waals surface area contributed by atoms with Crippen LogP contribution in [0.15, 0.2) is 54.6 Å². The first-order chi connectivity index (χ1) is 13.0. The number of aliphatic carboxylic acids is 1. The highest BCUT2D eigenvalue weighted by Crippen LogP contribution is 2.31. The molecular formula is C23H30O3S. The molecule has 2 aromatic rings. The molecule has 0 bridgehead atoms. The summed E-state index contributed by atoms with van der Waals surface area (Å²) in [6, 6.07) is 18.5. The van der Waals surface area contributed by atoms with Crippen molar-refractivity contribution in [3.8, 4) is 5.75 Å². The van der Waals surface area contributed by atoms with Crippen molar-refractivity contribution in [3.63, 3.8) is 0 Å². The van der Waals surface area contributed by atoms with E-state index < -0.39 is 5.97 Å². The second-order valence-corrected chi connectivity index (χ2v) is 8.33. The lowest BCUT2D eigenvalue weighted by Gasteiger charge is -2.25. The number of ether oxygens (including phenoxy) is 1. The number of thioether (sulfide) groups is 1. The lowest BCUT2D eigenvalue weighted by atomic mass is 9.87. The van der Waals surface area contributed by atoms with Crippen LogP contribution in [-0.2, 0) is 17.0 Å². The van der Waals surface area contributed by atoms with Gasteiger partial charge in [0, 0.05) is 11.0 Å². The Balaban J connectivity index is 2.08. The number of carboxylic acids is 1. The van der Waals surface area contributed by atoms with Crippen LogP contribution in [0.25, 0.3) is 0 Å². The second-order valence-electron chi connectivity index (χ2n) is 7.04. The van der Waals surface area contributed by atoms with Crippen molar-refractivity contribution in [2.24, 2.45) is 11.8 Å². The molecule has 0 aliphatic heterocycles. The number of methoxy groups -OCH3 is 1. The fraction of sp³-hybridized carbons (Fsp3) is 0.435. The molecule has 0 spiro atoms. The Bertz CT molecular complexity index is 685. The standard InChI is InChI=1S/C23H30O3S/c1-4-17(2)22(23(24)25)15-21(14-18-8-6-5-7-9-18)27-16-19-10-12-20(26-3)13-11-19/h5-13,17,21-22H,4,14-16H2,1-3H3,(H,24,25). The zero-order valence-corrected chi connectivity index (χ0v) is 17.2. The van der Waals surface area contributed by atoms with E-state index in [0.717, 1.165) is 24.3 Å². The van der Waals surface area contributed by atoms with Crippen LogP contribution in [0.2, 0.25) is 0 Å². The molecule has 3 atom stereocenters. The monoisotopic (exact) mass is 386 g/mol. The van der Waals surface area contributed by atoms with Gasteiger partial charge in [0.15, 0.2) is 0 Å². The van der Waals surface area contributed by atoms with Gasteiger partial charge in [-0.05, 0) is 42.0 Å². The predicted molar refractivity (Wildman–Crippen MR) is 113 cm³/mol. The minimum atomic E-state index is -0.674. The number of benzene rings is 2. The Morgan fingerprint density at radius 1 is 1.07 bits per heavy atom. The molecule has 146 valence electrons. The van der Waals surface area contributed by atoms with Crippen LogP contribution in [0.3, 0.4) is 0 Å². The van der Waals surface area contributed by atoms with Crippen molar-refractivity contribution >= 4 is 17.7 Å². The zero-order valence-electron chi connectivity index (χ0n) is 16.4. The Labute approximate surface area is 167 Å². The molecule has 3 unspecified atom stereocenters. The molecule has 0 fully saturated rings. The first kappa shape index (κ1) is 21.4. The summed E-state index contributed by atoms with van der Waals surface area (Å²) in [6.07, 6.45) is 2.47. The predicted octanol–water partition coefficient (Wildman–Crippen LogP) is 5.68.